The highest BCUT2D eigenvalue weighted by atomic mass is 16.5. The molecule has 28 heavy (non-hydrogen) atoms. The van der Waals surface area contributed by atoms with Crippen LogP contribution in [0.25, 0.3) is 0 Å². The zero-order chi connectivity index (χ0) is 20.1. The highest BCUT2D eigenvalue weighted by Gasteiger charge is 2.37. The normalized spacial score (nSPS) is 19.8. The van der Waals surface area contributed by atoms with Gasteiger partial charge in [-0.1, -0.05) is 6.07 Å². The fraction of sp³-hybridized carbons (Fsp3) is 0.550. The smallest absolute Gasteiger partial charge is 0.305 e. The maximum Gasteiger partial charge on any atom is 0.305 e. The summed E-state index contributed by atoms with van der Waals surface area (Å²) in [6.45, 7) is 2.21. The van der Waals surface area contributed by atoms with E-state index in [1.807, 2.05) is 6.07 Å². The van der Waals surface area contributed by atoms with Crippen molar-refractivity contribution in [3.05, 3.63) is 29.3 Å². The van der Waals surface area contributed by atoms with Gasteiger partial charge in [-0.2, -0.15) is 0 Å². The Kier molecular flexibility index (Phi) is 6.51. The first-order valence-electron chi connectivity index (χ1n) is 9.50. The van der Waals surface area contributed by atoms with E-state index in [-0.39, 0.29) is 25.3 Å². The predicted octanol–water partition coefficient (Wildman–Crippen LogP) is 1.25. The van der Waals surface area contributed by atoms with Crippen molar-refractivity contribution in [3.8, 4) is 5.75 Å². The summed E-state index contributed by atoms with van der Waals surface area (Å²) in [5, 5.41) is 0. The van der Waals surface area contributed by atoms with Gasteiger partial charge in [0.25, 0.3) is 5.91 Å². The number of fused-ring (bicyclic) bond motifs is 1. The maximum absolute atomic E-state index is 12.8. The predicted molar refractivity (Wildman–Crippen MR) is 99.6 cm³/mol. The van der Waals surface area contributed by atoms with Crippen molar-refractivity contribution in [3.63, 3.8) is 0 Å². The zero-order valence-corrected chi connectivity index (χ0v) is 16.0. The number of hydrogen-bond donors (Lipinski definition) is 1. The van der Waals surface area contributed by atoms with Crippen molar-refractivity contribution in [2.45, 2.75) is 38.3 Å². The van der Waals surface area contributed by atoms with E-state index in [2.05, 4.69) is 4.74 Å². The molecule has 8 heteroatoms. The minimum absolute atomic E-state index is 0.00920. The molecule has 1 fully saturated rings. The molecule has 152 valence electrons. The Hall–Kier alpha value is -2.61. The Morgan fingerprint density at radius 3 is 2.89 bits per heavy atom. The lowest BCUT2D eigenvalue weighted by atomic mass is 10.0. The van der Waals surface area contributed by atoms with Gasteiger partial charge in [-0.05, 0) is 31.4 Å². The molecule has 2 heterocycles. The Labute approximate surface area is 163 Å². The summed E-state index contributed by atoms with van der Waals surface area (Å²) in [5.74, 6) is -0.414. The minimum Gasteiger partial charge on any atom is -0.493 e. The van der Waals surface area contributed by atoms with E-state index in [1.165, 1.54) is 12.0 Å². The van der Waals surface area contributed by atoms with Crippen molar-refractivity contribution in [1.29, 1.82) is 0 Å². The number of hydrogen-bond acceptors (Lipinski definition) is 6. The number of carbonyl (C=O) groups is 3. The standard InChI is InChI=1S/C20H26N2O6/c1-26-18(23)8-7-16(19(21)24)22-10-15-14(20(22)25)5-2-6-17(15)28-12-13-4-3-9-27-11-13/h2,5-6,13,16H,3-4,7-12H2,1H3,(H2,21,24). The van der Waals surface area contributed by atoms with Gasteiger partial charge >= 0.3 is 5.97 Å². The number of methoxy groups -OCH3 is 1. The van der Waals surface area contributed by atoms with Gasteiger partial charge < -0.3 is 24.8 Å². The van der Waals surface area contributed by atoms with E-state index >= 15 is 0 Å². The van der Waals surface area contributed by atoms with Gasteiger partial charge in [0.05, 0.1) is 26.9 Å². The number of carbonyl (C=O) groups excluding carboxylic acids is 3. The fourth-order valence-corrected chi connectivity index (χ4v) is 3.67. The van der Waals surface area contributed by atoms with Crippen molar-refractivity contribution >= 4 is 17.8 Å². The molecule has 0 saturated carbocycles. The van der Waals surface area contributed by atoms with Crippen LogP contribution in [0, 0.1) is 5.92 Å². The monoisotopic (exact) mass is 390 g/mol. The molecule has 2 unspecified atom stereocenters. The number of benzene rings is 1. The average molecular weight is 390 g/mol. The zero-order valence-electron chi connectivity index (χ0n) is 16.0. The van der Waals surface area contributed by atoms with E-state index in [9.17, 15) is 14.4 Å². The van der Waals surface area contributed by atoms with E-state index in [4.69, 9.17) is 15.2 Å². The lowest BCUT2D eigenvalue weighted by Crippen LogP contribution is -2.45. The summed E-state index contributed by atoms with van der Waals surface area (Å²) in [6.07, 6.45) is 2.21. The number of nitrogens with zero attached hydrogens (tertiary/aromatic N) is 1. The Morgan fingerprint density at radius 1 is 1.39 bits per heavy atom. The van der Waals surface area contributed by atoms with Crippen LogP contribution in [0.2, 0.25) is 0 Å². The third-order valence-electron chi connectivity index (χ3n) is 5.24. The van der Waals surface area contributed by atoms with Crippen LogP contribution in [0.1, 0.15) is 41.6 Å². The second-order valence-electron chi connectivity index (χ2n) is 7.14. The topological polar surface area (TPSA) is 108 Å². The molecule has 1 aromatic rings. The van der Waals surface area contributed by atoms with Crippen LogP contribution in [-0.2, 0) is 25.6 Å². The summed E-state index contributed by atoms with van der Waals surface area (Å²) in [5.41, 5.74) is 6.75. The molecule has 1 aromatic carbocycles. The Balaban J connectivity index is 1.71. The van der Waals surface area contributed by atoms with Gasteiger partial charge in [-0.15, -0.1) is 0 Å². The molecule has 2 atom stereocenters. The highest BCUT2D eigenvalue weighted by Crippen LogP contribution is 2.33. The summed E-state index contributed by atoms with van der Waals surface area (Å²) in [4.78, 5) is 37.6. The summed E-state index contributed by atoms with van der Waals surface area (Å²) >= 11 is 0. The third kappa shape index (κ3) is 4.44. The first-order valence-corrected chi connectivity index (χ1v) is 9.50. The van der Waals surface area contributed by atoms with Crippen LogP contribution >= 0.6 is 0 Å². The first kappa shape index (κ1) is 20.1. The molecule has 2 aliphatic heterocycles. The van der Waals surface area contributed by atoms with E-state index < -0.39 is 17.9 Å². The highest BCUT2D eigenvalue weighted by molar-refractivity contribution is 6.01. The number of primary amides is 1. The molecular weight excluding hydrogens is 364 g/mol. The van der Waals surface area contributed by atoms with Crippen LogP contribution in [0.4, 0.5) is 0 Å². The van der Waals surface area contributed by atoms with Crippen LogP contribution in [0.5, 0.6) is 5.75 Å². The Morgan fingerprint density at radius 2 is 2.21 bits per heavy atom. The fourth-order valence-electron chi connectivity index (χ4n) is 3.67. The quantitative estimate of drug-likeness (QED) is 0.670. The van der Waals surface area contributed by atoms with Crippen molar-refractivity contribution in [2.24, 2.45) is 11.7 Å². The SMILES string of the molecule is COC(=O)CCC(C(N)=O)N1Cc2c(OCC3CCCOC3)cccc2C1=O. The number of amides is 2. The molecule has 0 aromatic heterocycles. The number of nitrogens with two attached hydrogens (primary N) is 1. The van der Waals surface area contributed by atoms with E-state index in [0.717, 1.165) is 25.0 Å². The number of rotatable bonds is 8. The third-order valence-corrected chi connectivity index (χ3v) is 5.24. The second kappa shape index (κ2) is 9.05. The molecule has 0 bridgehead atoms. The molecule has 0 spiro atoms. The average Bonchev–Trinajstić information content (AvgIpc) is 3.04. The van der Waals surface area contributed by atoms with Gasteiger partial charge in [0.1, 0.15) is 11.8 Å². The summed E-state index contributed by atoms with van der Waals surface area (Å²) in [7, 11) is 1.28. The molecule has 2 amide bonds. The van der Waals surface area contributed by atoms with Crippen LogP contribution in [0.3, 0.4) is 0 Å². The van der Waals surface area contributed by atoms with Crippen LogP contribution in [0.15, 0.2) is 18.2 Å². The molecule has 2 N–H and O–H groups in total. The second-order valence-corrected chi connectivity index (χ2v) is 7.14. The Bertz CT molecular complexity index is 744. The van der Waals surface area contributed by atoms with Gasteiger partial charge in [0.15, 0.2) is 0 Å². The summed E-state index contributed by atoms with van der Waals surface area (Å²) < 4.78 is 16.1. The molecule has 2 aliphatic rings. The summed E-state index contributed by atoms with van der Waals surface area (Å²) in [6, 6.07) is 4.43. The molecule has 3 rings (SSSR count). The van der Waals surface area contributed by atoms with Gasteiger partial charge in [0.2, 0.25) is 5.91 Å². The van der Waals surface area contributed by atoms with Crippen LogP contribution in [-0.4, -0.2) is 55.7 Å². The molecule has 0 aliphatic carbocycles. The van der Waals surface area contributed by atoms with E-state index in [1.54, 1.807) is 12.1 Å². The van der Waals surface area contributed by atoms with Crippen molar-refractivity contribution in [2.75, 3.05) is 26.9 Å². The number of esters is 1. The van der Waals surface area contributed by atoms with Gasteiger partial charge in [-0.25, -0.2) is 0 Å². The first-order chi connectivity index (χ1) is 13.5. The van der Waals surface area contributed by atoms with Gasteiger partial charge in [0, 0.05) is 30.1 Å². The minimum atomic E-state index is -0.876. The van der Waals surface area contributed by atoms with Crippen molar-refractivity contribution < 1.29 is 28.6 Å². The van der Waals surface area contributed by atoms with E-state index in [0.29, 0.717) is 30.4 Å². The van der Waals surface area contributed by atoms with Crippen molar-refractivity contribution in [1.82, 2.24) is 4.90 Å². The molecule has 1 saturated heterocycles. The van der Waals surface area contributed by atoms with Gasteiger partial charge in [-0.3, -0.25) is 14.4 Å². The lowest BCUT2D eigenvalue weighted by molar-refractivity contribution is -0.141. The maximum atomic E-state index is 12.8. The molecule has 0 radical (unpaired) electrons. The largest absolute Gasteiger partial charge is 0.493 e. The number of ether oxygens (including phenoxy) is 3. The molecule has 8 nitrogen and oxygen atoms in total. The lowest BCUT2D eigenvalue weighted by Gasteiger charge is -2.25. The molecular formula is C20H26N2O6. The van der Waals surface area contributed by atoms with Crippen LogP contribution < -0.4 is 10.5 Å².